The van der Waals surface area contributed by atoms with Crippen LogP contribution in [0.3, 0.4) is 0 Å². The first-order chi connectivity index (χ1) is 8.02. The van der Waals surface area contributed by atoms with Crippen molar-refractivity contribution in [3.05, 3.63) is 35.4 Å². The Kier molecular flexibility index (Phi) is 4.66. The lowest BCUT2D eigenvalue weighted by atomic mass is 10.0. The number of carbonyl (C=O) groups is 2. The Balaban J connectivity index is 2.58. The molecule has 4 N–H and O–H groups in total. The van der Waals surface area contributed by atoms with Gasteiger partial charge in [-0.3, -0.25) is 4.79 Å². The van der Waals surface area contributed by atoms with Gasteiger partial charge < -0.3 is 16.2 Å². The Morgan fingerprint density at radius 1 is 1.41 bits per heavy atom. The van der Waals surface area contributed by atoms with Gasteiger partial charge in [0, 0.05) is 6.54 Å². The normalized spacial score (nSPS) is 11.9. The first kappa shape index (κ1) is 13.2. The van der Waals surface area contributed by atoms with E-state index in [-0.39, 0.29) is 11.5 Å². The van der Waals surface area contributed by atoms with Crippen molar-refractivity contribution >= 4 is 11.9 Å². The van der Waals surface area contributed by atoms with E-state index in [0.717, 1.165) is 0 Å². The number of carbonyl (C=O) groups excluding carboxylic acids is 1. The Morgan fingerprint density at radius 2 is 2.06 bits per heavy atom. The van der Waals surface area contributed by atoms with Crippen LogP contribution in [0.2, 0.25) is 0 Å². The maximum Gasteiger partial charge on any atom is 0.335 e. The zero-order valence-corrected chi connectivity index (χ0v) is 9.64. The van der Waals surface area contributed by atoms with E-state index < -0.39 is 12.0 Å². The third-order valence-electron chi connectivity index (χ3n) is 2.35. The molecule has 0 aliphatic carbocycles. The fourth-order valence-corrected chi connectivity index (χ4v) is 1.43. The van der Waals surface area contributed by atoms with Crippen LogP contribution in [0.5, 0.6) is 0 Å². The highest BCUT2D eigenvalue weighted by Gasteiger charge is 2.10. The second-order valence-electron chi connectivity index (χ2n) is 3.79. The van der Waals surface area contributed by atoms with Gasteiger partial charge in [-0.05, 0) is 25.0 Å². The van der Waals surface area contributed by atoms with Crippen molar-refractivity contribution in [3.63, 3.8) is 0 Å². The van der Waals surface area contributed by atoms with Gasteiger partial charge in [0.2, 0.25) is 5.91 Å². The van der Waals surface area contributed by atoms with E-state index in [1.165, 1.54) is 0 Å². The van der Waals surface area contributed by atoms with Crippen LogP contribution in [0, 0.1) is 0 Å². The fourth-order valence-electron chi connectivity index (χ4n) is 1.43. The number of hydrogen-bond acceptors (Lipinski definition) is 3. The predicted octanol–water partition coefficient (Wildman–Crippen LogP) is 0.391. The number of amides is 1. The topological polar surface area (TPSA) is 92.4 Å². The van der Waals surface area contributed by atoms with Crippen molar-refractivity contribution in [3.8, 4) is 0 Å². The van der Waals surface area contributed by atoms with Gasteiger partial charge in [0.1, 0.15) is 0 Å². The molecule has 1 rings (SSSR count). The van der Waals surface area contributed by atoms with E-state index in [9.17, 15) is 9.59 Å². The van der Waals surface area contributed by atoms with Gasteiger partial charge in [0.15, 0.2) is 0 Å². The highest BCUT2D eigenvalue weighted by molar-refractivity contribution is 5.89. The van der Waals surface area contributed by atoms with Crippen LogP contribution in [-0.2, 0) is 11.2 Å². The molecular formula is C12H16N2O3. The summed E-state index contributed by atoms with van der Waals surface area (Å²) >= 11 is 0. The molecule has 5 nitrogen and oxygen atoms in total. The van der Waals surface area contributed by atoms with E-state index in [2.05, 4.69) is 5.32 Å². The summed E-state index contributed by atoms with van der Waals surface area (Å²) in [5.41, 5.74) is 6.35. The minimum Gasteiger partial charge on any atom is -0.478 e. The van der Waals surface area contributed by atoms with Crippen molar-refractivity contribution in [1.29, 1.82) is 0 Å². The Morgan fingerprint density at radius 3 is 2.65 bits per heavy atom. The molecule has 0 fully saturated rings. The molecule has 1 amide bonds. The van der Waals surface area contributed by atoms with Gasteiger partial charge in [0.25, 0.3) is 0 Å². The highest BCUT2D eigenvalue weighted by atomic mass is 16.4. The molecule has 0 saturated heterocycles. The van der Waals surface area contributed by atoms with Crippen LogP contribution in [0.4, 0.5) is 0 Å². The summed E-state index contributed by atoms with van der Waals surface area (Å²) in [6, 6.07) is 6.18. The number of hydrogen-bond donors (Lipinski definition) is 3. The smallest absolute Gasteiger partial charge is 0.335 e. The van der Waals surface area contributed by atoms with E-state index in [4.69, 9.17) is 10.8 Å². The number of nitrogens with two attached hydrogens (primary N) is 1. The van der Waals surface area contributed by atoms with Crippen molar-refractivity contribution in [2.24, 2.45) is 5.73 Å². The quantitative estimate of drug-likeness (QED) is 0.689. The van der Waals surface area contributed by atoms with Crippen molar-refractivity contribution in [1.82, 2.24) is 5.32 Å². The highest BCUT2D eigenvalue weighted by Crippen LogP contribution is 2.08. The molecule has 1 aromatic carbocycles. The van der Waals surface area contributed by atoms with Crippen molar-refractivity contribution < 1.29 is 14.7 Å². The molecule has 17 heavy (non-hydrogen) atoms. The average molecular weight is 236 g/mol. The molecule has 1 aromatic rings. The summed E-state index contributed by atoms with van der Waals surface area (Å²) < 4.78 is 0. The van der Waals surface area contributed by atoms with E-state index in [0.29, 0.717) is 18.5 Å². The van der Waals surface area contributed by atoms with E-state index in [1.807, 2.05) is 0 Å². The molecule has 1 atom stereocenters. The van der Waals surface area contributed by atoms with Gasteiger partial charge in [-0.2, -0.15) is 0 Å². The molecule has 0 aliphatic heterocycles. The Hall–Kier alpha value is -1.88. The van der Waals surface area contributed by atoms with Gasteiger partial charge in [-0.25, -0.2) is 4.79 Å². The lowest BCUT2D eigenvalue weighted by Crippen LogP contribution is -2.39. The van der Waals surface area contributed by atoms with Gasteiger partial charge in [-0.15, -0.1) is 0 Å². The van der Waals surface area contributed by atoms with Crippen LogP contribution in [0.25, 0.3) is 0 Å². The summed E-state index contributed by atoms with van der Waals surface area (Å²) in [4.78, 5) is 22.1. The maximum absolute atomic E-state index is 11.2. The van der Waals surface area contributed by atoms with Crippen LogP contribution in [0.15, 0.2) is 24.3 Å². The largest absolute Gasteiger partial charge is 0.478 e. The number of nitrogens with one attached hydrogen (secondary N) is 1. The summed E-state index contributed by atoms with van der Waals surface area (Å²) in [6.07, 6.45) is 0.473. The number of carboxylic acids is 1. The molecule has 0 aromatic heterocycles. The lowest BCUT2D eigenvalue weighted by molar-refractivity contribution is -0.121. The maximum atomic E-state index is 11.2. The van der Waals surface area contributed by atoms with Crippen LogP contribution in [-0.4, -0.2) is 29.6 Å². The molecule has 0 spiro atoms. The van der Waals surface area contributed by atoms with Crippen molar-refractivity contribution in [2.75, 3.05) is 6.54 Å². The third-order valence-corrected chi connectivity index (χ3v) is 2.35. The molecule has 0 unspecified atom stereocenters. The van der Waals surface area contributed by atoms with Gasteiger partial charge in [0.05, 0.1) is 11.6 Å². The standard InChI is InChI=1S/C12H16N2O3/c1-8(13)11(15)14-7-6-9-4-2-3-5-10(9)12(16)17/h2-5,8H,6-7,13H2,1H3,(H,14,15)(H,16,17)/t8-/m0/s1. The number of aromatic carboxylic acids is 1. The molecule has 0 bridgehead atoms. The van der Waals surface area contributed by atoms with Gasteiger partial charge >= 0.3 is 5.97 Å². The van der Waals surface area contributed by atoms with Gasteiger partial charge in [-0.1, -0.05) is 18.2 Å². The van der Waals surface area contributed by atoms with Crippen LogP contribution in [0.1, 0.15) is 22.8 Å². The van der Waals surface area contributed by atoms with E-state index >= 15 is 0 Å². The minimum absolute atomic E-state index is 0.238. The summed E-state index contributed by atoms with van der Waals surface area (Å²) in [5.74, 6) is -1.20. The molecule has 0 aliphatic rings. The predicted molar refractivity (Wildman–Crippen MR) is 63.8 cm³/mol. The summed E-state index contributed by atoms with van der Waals surface area (Å²) in [5, 5.41) is 11.6. The minimum atomic E-state index is -0.959. The van der Waals surface area contributed by atoms with Crippen LogP contribution < -0.4 is 11.1 Å². The molecule has 0 saturated carbocycles. The first-order valence-corrected chi connectivity index (χ1v) is 5.37. The zero-order valence-electron chi connectivity index (χ0n) is 9.64. The molecule has 0 radical (unpaired) electrons. The zero-order chi connectivity index (χ0) is 12.8. The molecule has 0 heterocycles. The summed E-state index contributed by atoms with van der Waals surface area (Å²) in [6.45, 7) is 1.98. The van der Waals surface area contributed by atoms with Crippen LogP contribution >= 0.6 is 0 Å². The second-order valence-corrected chi connectivity index (χ2v) is 3.79. The van der Waals surface area contributed by atoms with Crippen molar-refractivity contribution in [2.45, 2.75) is 19.4 Å². The molecular weight excluding hydrogens is 220 g/mol. The number of carboxylic acid groups (broad SMARTS) is 1. The first-order valence-electron chi connectivity index (χ1n) is 5.37. The Labute approximate surface area is 99.6 Å². The lowest BCUT2D eigenvalue weighted by Gasteiger charge is -2.09. The SMILES string of the molecule is C[C@H](N)C(=O)NCCc1ccccc1C(=O)O. The second kappa shape index (κ2) is 6.00. The monoisotopic (exact) mass is 236 g/mol. The third kappa shape index (κ3) is 3.88. The molecule has 92 valence electrons. The molecule has 5 heteroatoms. The summed E-state index contributed by atoms with van der Waals surface area (Å²) in [7, 11) is 0. The number of benzene rings is 1. The average Bonchev–Trinajstić information content (AvgIpc) is 2.29. The fraction of sp³-hybridized carbons (Fsp3) is 0.333. The Bertz CT molecular complexity index is 416. The number of rotatable bonds is 5. The van der Waals surface area contributed by atoms with E-state index in [1.54, 1.807) is 31.2 Å².